The van der Waals surface area contributed by atoms with Crippen LogP contribution < -0.4 is 4.90 Å². The molecule has 0 aliphatic carbocycles. The molecule has 5 heteroatoms. The predicted molar refractivity (Wildman–Crippen MR) is 253 cm³/mol. The van der Waals surface area contributed by atoms with Gasteiger partial charge < -0.3 is 4.90 Å². The minimum absolute atomic E-state index is 0.655. The van der Waals surface area contributed by atoms with E-state index in [2.05, 4.69) is 175 Å². The summed E-state index contributed by atoms with van der Waals surface area (Å²) in [4.78, 5) is 17.5. The van der Waals surface area contributed by atoms with Gasteiger partial charge in [0.25, 0.3) is 0 Å². The Morgan fingerprint density at radius 3 is 1.47 bits per heavy atom. The minimum Gasteiger partial charge on any atom is -0.310 e. The van der Waals surface area contributed by atoms with Gasteiger partial charge in [0.15, 0.2) is 17.5 Å². The molecule has 4 nitrogen and oxygen atoms in total. The Labute approximate surface area is 350 Å². The van der Waals surface area contributed by atoms with E-state index < -0.39 is 0 Å². The molecule has 0 amide bonds. The van der Waals surface area contributed by atoms with E-state index in [0.717, 1.165) is 39.1 Å². The van der Waals surface area contributed by atoms with E-state index in [1.165, 1.54) is 58.2 Å². The third-order valence-corrected chi connectivity index (χ3v) is 12.8. The highest BCUT2D eigenvalue weighted by Crippen LogP contribution is 2.44. The van der Waals surface area contributed by atoms with Crippen LogP contribution in [0.2, 0.25) is 0 Å². The number of fused-ring (bicyclic) bond motifs is 3. The first-order valence-corrected chi connectivity index (χ1v) is 21.0. The van der Waals surface area contributed by atoms with Gasteiger partial charge in [-0.05, 0) is 92.0 Å². The molecule has 0 bridgehead atoms. The molecule has 0 fully saturated rings. The van der Waals surface area contributed by atoms with E-state index in [1.54, 1.807) is 0 Å². The van der Waals surface area contributed by atoms with Crippen LogP contribution in [-0.4, -0.2) is 15.0 Å². The lowest BCUT2D eigenvalue weighted by Gasteiger charge is -2.26. The lowest BCUT2D eigenvalue weighted by Crippen LogP contribution is -2.09. The fourth-order valence-corrected chi connectivity index (χ4v) is 9.98. The highest BCUT2D eigenvalue weighted by atomic mass is 32.1. The quantitative estimate of drug-likeness (QED) is 0.151. The fraction of sp³-hybridized carbons (Fsp3) is 0. The number of benzene rings is 10. The maximum absolute atomic E-state index is 5.11. The van der Waals surface area contributed by atoms with Gasteiger partial charge in [0.05, 0.1) is 0 Å². The van der Waals surface area contributed by atoms with Crippen molar-refractivity contribution < 1.29 is 0 Å². The van der Waals surface area contributed by atoms with Gasteiger partial charge >= 0.3 is 0 Å². The largest absolute Gasteiger partial charge is 0.310 e. The molecule has 0 aliphatic heterocycles. The number of anilines is 3. The molecule has 0 radical (unpaired) electrons. The van der Waals surface area contributed by atoms with Gasteiger partial charge in [-0.25, -0.2) is 15.0 Å². The van der Waals surface area contributed by atoms with Crippen molar-refractivity contribution in [1.29, 1.82) is 0 Å². The highest BCUT2D eigenvalue weighted by Gasteiger charge is 2.19. The highest BCUT2D eigenvalue weighted by molar-refractivity contribution is 7.25. The summed E-state index contributed by atoms with van der Waals surface area (Å²) in [5, 5.41) is 9.81. The minimum atomic E-state index is 0.655. The SMILES string of the molecule is c1ccc(-c2nc(-c3ccccc3)nc(-c3ccc4ccc5c(-c6ccc(N(c7ccccc7)c7ccc8c(c7)sc7ccccc78)cc6)ccc6ccc3c4c65)n2)cc1. The first-order chi connectivity index (χ1) is 29.7. The Kier molecular flexibility index (Phi) is 8.00. The van der Waals surface area contributed by atoms with Crippen LogP contribution in [-0.2, 0) is 0 Å². The van der Waals surface area contributed by atoms with Crippen LogP contribution in [0.25, 0.3) is 97.8 Å². The number of hydrogen-bond donors (Lipinski definition) is 0. The van der Waals surface area contributed by atoms with Crippen LogP contribution in [0.5, 0.6) is 0 Å². The molecule has 10 aromatic carbocycles. The zero-order valence-corrected chi connectivity index (χ0v) is 33.1. The lowest BCUT2D eigenvalue weighted by molar-refractivity contribution is 1.08. The molecular formula is C55H34N4S. The van der Waals surface area contributed by atoms with Crippen molar-refractivity contribution in [3.63, 3.8) is 0 Å². The number of nitrogens with zero attached hydrogens (tertiary/aromatic N) is 4. The molecule has 0 saturated heterocycles. The Morgan fingerprint density at radius 2 is 0.800 bits per heavy atom. The monoisotopic (exact) mass is 782 g/mol. The number of thiophene rings is 1. The maximum Gasteiger partial charge on any atom is 0.164 e. The van der Waals surface area contributed by atoms with Crippen molar-refractivity contribution in [3.05, 3.63) is 206 Å². The summed E-state index contributed by atoms with van der Waals surface area (Å²) in [6, 6.07) is 73.5. The maximum atomic E-state index is 5.11. The van der Waals surface area contributed by atoms with Gasteiger partial charge in [-0.2, -0.15) is 0 Å². The van der Waals surface area contributed by atoms with Gasteiger partial charge in [-0.15, -0.1) is 11.3 Å². The fourth-order valence-electron chi connectivity index (χ4n) is 8.84. The summed E-state index contributed by atoms with van der Waals surface area (Å²) in [6.45, 7) is 0. The number of aromatic nitrogens is 3. The summed E-state index contributed by atoms with van der Waals surface area (Å²) >= 11 is 1.85. The molecule has 0 unspecified atom stereocenters. The van der Waals surface area contributed by atoms with Gasteiger partial charge in [0.2, 0.25) is 0 Å². The Hall–Kier alpha value is -7.73. The molecule has 60 heavy (non-hydrogen) atoms. The molecule has 280 valence electrons. The van der Waals surface area contributed by atoms with E-state index in [9.17, 15) is 0 Å². The predicted octanol–water partition coefficient (Wildman–Crippen LogP) is 15.3. The summed E-state index contributed by atoms with van der Waals surface area (Å²) in [6.07, 6.45) is 0. The van der Waals surface area contributed by atoms with E-state index in [4.69, 9.17) is 15.0 Å². The Morgan fingerprint density at radius 1 is 0.317 bits per heavy atom. The van der Waals surface area contributed by atoms with E-state index in [0.29, 0.717) is 17.5 Å². The summed E-state index contributed by atoms with van der Waals surface area (Å²) in [5.41, 5.74) is 8.62. The molecular weight excluding hydrogens is 749 g/mol. The second kappa shape index (κ2) is 14.0. The van der Waals surface area contributed by atoms with Gasteiger partial charge in [0, 0.05) is 53.9 Å². The Balaban J connectivity index is 0.978. The topological polar surface area (TPSA) is 41.9 Å². The molecule has 2 heterocycles. The molecule has 12 rings (SSSR count). The summed E-state index contributed by atoms with van der Waals surface area (Å²) < 4.78 is 2.59. The average molecular weight is 783 g/mol. The Bertz CT molecular complexity index is 3470. The van der Waals surface area contributed by atoms with Crippen molar-refractivity contribution >= 4 is 80.9 Å². The van der Waals surface area contributed by atoms with E-state index in [-0.39, 0.29) is 0 Å². The first kappa shape index (κ1) is 34.3. The lowest BCUT2D eigenvalue weighted by atomic mass is 9.88. The van der Waals surface area contributed by atoms with E-state index >= 15 is 0 Å². The molecule has 0 spiro atoms. The summed E-state index contributed by atoms with van der Waals surface area (Å²) in [5.74, 6) is 1.97. The third-order valence-electron chi connectivity index (χ3n) is 11.7. The van der Waals surface area contributed by atoms with Crippen LogP contribution in [0.4, 0.5) is 17.1 Å². The molecule has 2 aromatic heterocycles. The summed E-state index contributed by atoms with van der Waals surface area (Å²) in [7, 11) is 0. The van der Waals surface area contributed by atoms with Crippen LogP contribution >= 0.6 is 11.3 Å². The number of para-hydroxylation sites is 1. The normalized spacial score (nSPS) is 11.7. The van der Waals surface area contributed by atoms with Gasteiger partial charge in [0.1, 0.15) is 0 Å². The van der Waals surface area contributed by atoms with Crippen LogP contribution in [0.15, 0.2) is 206 Å². The third kappa shape index (κ3) is 5.70. The average Bonchev–Trinajstić information content (AvgIpc) is 3.70. The smallest absolute Gasteiger partial charge is 0.164 e. The number of hydrogen-bond acceptors (Lipinski definition) is 5. The molecule has 12 aromatic rings. The van der Waals surface area contributed by atoms with E-state index in [1.807, 2.05) is 47.7 Å². The second-order valence-electron chi connectivity index (χ2n) is 15.2. The molecule has 0 atom stereocenters. The van der Waals surface area contributed by atoms with Crippen molar-refractivity contribution in [2.45, 2.75) is 0 Å². The van der Waals surface area contributed by atoms with Crippen molar-refractivity contribution in [2.24, 2.45) is 0 Å². The van der Waals surface area contributed by atoms with Gasteiger partial charge in [-0.1, -0.05) is 158 Å². The zero-order chi connectivity index (χ0) is 39.6. The standard InChI is InChI=1S/C55H34N4S/c1-4-12-38(13-5-1)53-56-54(39-14-6-2-7-15-39)58-55(57-53)48-32-25-37-23-30-46-43(29-22-36-24-31-47(48)52(37)51(36)46)35-20-26-41(27-21-35)59(40-16-8-3-9-17-40)42-28-33-45-44-18-10-11-19-49(44)60-50(45)34-42/h1-34H. The number of rotatable bonds is 7. The molecule has 0 N–H and O–H groups in total. The van der Waals surface area contributed by atoms with Crippen molar-refractivity contribution in [2.75, 3.05) is 4.90 Å². The van der Waals surface area contributed by atoms with Crippen molar-refractivity contribution in [1.82, 2.24) is 15.0 Å². The van der Waals surface area contributed by atoms with Crippen molar-refractivity contribution in [3.8, 4) is 45.3 Å². The van der Waals surface area contributed by atoms with Crippen LogP contribution in [0.1, 0.15) is 0 Å². The zero-order valence-electron chi connectivity index (χ0n) is 32.3. The van der Waals surface area contributed by atoms with Crippen LogP contribution in [0, 0.1) is 0 Å². The second-order valence-corrected chi connectivity index (χ2v) is 16.3. The molecule has 0 aliphatic rings. The first-order valence-electron chi connectivity index (χ1n) is 20.2. The van der Waals surface area contributed by atoms with Gasteiger partial charge in [-0.3, -0.25) is 0 Å². The van der Waals surface area contributed by atoms with Crippen LogP contribution in [0.3, 0.4) is 0 Å². The molecule has 0 saturated carbocycles.